The largest absolute Gasteiger partial charge is 0.240 e. The van der Waals surface area contributed by atoms with E-state index < -0.39 is 11.6 Å². The average molecular weight is 222 g/mol. The van der Waals surface area contributed by atoms with Crippen LogP contribution in [0.3, 0.4) is 0 Å². The summed E-state index contributed by atoms with van der Waals surface area (Å²) in [6, 6.07) is 3.34. The van der Waals surface area contributed by atoms with Crippen LogP contribution < -0.4 is 0 Å². The molecule has 1 heterocycles. The number of halogens is 2. The second kappa shape index (κ2) is 4.04. The van der Waals surface area contributed by atoms with Crippen LogP contribution in [0.25, 0.3) is 5.69 Å². The summed E-state index contributed by atoms with van der Waals surface area (Å²) in [4.78, 5) is 0. The van der Waals surface area contributed by atoms with Crippen LogP contribution in [-0.2, 0) is 0 Å². The Hall–Kier alpha value is -1.71. The Balaban J connectivity index is 2.42. The van der Waals surface area contributed by atoms with E-state index in [1.165, 1.54) is 16.8 Å². The fraction of sp³-hybridized carbons (Fsp3) is 0.250. The lowest BCUT2D eigenvalue weighted by Gasteiger charge is -2.02. The van der Waals surface area contributed by atoms with Gasteiger partial charge >= 0.3 is 0 Å². The van der Waals surface area contributed by atoms with Crippen molar-refractivity contribution < 1.29 is 8.78 Å². The molecule has 0 amide bonds. The molecule has 2 nitrogen and oxygen atoms in total. The monoisotopic (exact) mass is 222 g/mol. The Labute approximate surface area is 92.5 Å². The number of hydrogen-bond donors (Lipinski definition) is 0. The fourth-order valence-corrected chi connectivity index (χ4v) is 1.45. The molecule has 0 radical (unpaired) electrons. The fourth-order valence-electron chi connectivity index (χ4n) is 1.45. The SMILES string of the molecule is CC(C)c1cnn(-c2cc(F)cc(F)c2)c1. The lowest BCUT2D eigenvalue weighted by Crippen LogP contribution is -1.96. The standard InChI is InChI=1S/C12H12F2N2/c1-8(2)9-6-15-16(7-9)12-4-10(13)3-11(14)5-12/h3-8H,1-2H3. The second-order valence-electron chi connectivity index (χ2n) is 4.00. The summed E-state index contributed by atoms with van der Waals surface area (Å²) in [5, 5.41) is 4.07. The van der Waals surface area contributed by atoms with Gasteiger partial charge in [-0.25, -0.2) is 13.5 Å². The summed E-state index contributed by atoms with van der Waals surface area (Å²) in [5.41, 5.74) is 1.43. The van der Waals surface area contributed by atoms with Crippen LogP contribution in [0.4, 0.5) is 8.78 Å². The lowest BCUT2D eigenvalue weighted by atomic mass is 10.1. The molecule has 0 N–H and O–H groups in total. The van der Waals surface area contributed by atoms with Gasteiger partial charge in [-0.05, 0) is 23.6 Å². The van der Waals surface area contributed by atoms with Crippen molar-refractivity contribution in [2.45, 2.75) is 19.8 Å². The molecule has 2 rings (SSSR count). The maximum Gasteiger partial charge on any atom is 0.128 e. The first kappa shape index (κ1) is 10.8. The minimum atomic E-state index is -0.600. The smallest absolute Gasteiger partial charge is 0.128 e. The Morgan fingerprint density at radius 1 is 1.12 bits per heavy atom. The Kier molecular flexibility index (Phi) is 2.73. The van der Waals surface area contributed by atoms with Crippen molar-refractivity contribution in [3.63, 3.8) is 0 Å². The second-order valence-corrected chi connectivity index (χ2v) is 4.00. The van der Waals surface area contributed by atoms with Gasteiger partial charge < -0.3 is 0 Å². The van der Waals surface area contributed by atoms with Crippen molar-refractivity contribution in [1.29, 1.82) is 0 Å². The van der Waals surface area contributed by atoms with Crippen molar-refractivity contribution in [3.05, 3.63) is 47.8 Å². The zero-order valence-corrected chi connectivity index (χ0v) is 9.11. The van der Waals surface area contributed by atoms with Crippen molar-refractivity contribution in [1.82, 2.24) is 9.78 Å². The summed E-state index contributed by atoms with van der Waals surface area (Å²) < 4.78 is 27.5. The molecule has 0 aliphatic rings. The minimum absolute atomic E-state index is 0.340. The quantitative estimate of drug-likeness (QED) is 0.762. The number of nitrogens with zero attached hydrogens (tertiary/aromatic N) is 2. The van der Waals surface area contributed by atoms with Crippen LogP contribution in [0.15, 0.2) is 30.6 Å². The summed E-state index contributed by atoms with van der Waals surface area (Å²) in [6.45, 7) is 4.07. The molecule has 2 aromatic rings. The molecule has 0 saturated carbocycles. The lowest BCUT2D eigenvalue weighted by molar-refractivity contribution is 0.580. The van der Waals surface area contributed by atoms with Crippen molar-refractivity contribution in [2.24, 2.45) is 0 Å². The van der Waals surface area contributed by atoms with Crippen LogP contribution in [0.2, 0.25) is 0 Å². The van der Waals surface area contributed by atoms with Gasteiger partial charge in [-0.1, -0.05) is 13.8 Å². The van der Waals surface area contributed by atoms with Crippen molar-refractivity contribution >= 4 is 0 Å². The molecule has 84 valence electrons. The molecule has 0 unspecified atom stereocenters. The molecule has 4 heteroatoms. The normalized spacial score (nSPS) is 11.1. The first-order valence-corrected chi connectivity index (χ1v) is 5.07. The van der Waals surface area contributed by atoms with Gasteiger partial charge in [0.05, 0.1) is 11.9 Å². The first-order valence-electron chi connectivity index (χ1n) is 5.07. The van der Waals surface area contributed by atoms with E-state index in [0.717, 1.165) is 11.6 Å². The highest BCUT2D eigenvalue weighted by Crippen LogP contribution is 2.17. The van der Waals surface area contributed by atoms with Gasteiger partial charge in [-0.15, -0.1) is 0 Å². The highest BCUT2D eigenvalue weighted by atomic mass is 19.1. The van der Waals surface area contributed by atoms with E-state index in [1.807, 2.05) is 13.8 Å². The van der Waals surface area contributed by atoms with Crippen molar-refractivity contribution in [3.8, 4) is 5.69 Å². The molecule has 0 saturated heterocycles. The van der Waals surface area contributed by atoms with Crippen LogP contribution in [0.1, 0.15) is 25.3 Å². The molecular weight excluding hydrogens is 210 g/mol. The molecule has 1 aromatic heterocycles. The Bertz CT molecular complexity index is 483. The van der Waals surface area contributed by atoms with E-state index in [4.69, 9.17) is 0 Å². The molecule has 1 aromatic carbocycles. The molecule has 0 fully saturated rings. The average Bonchev–Trinajstić information content (AvgIpc) is 2.64. The van der Waals surface area contributed by atoms with Crippen LogP contribution in [0.5, 0.6) is 0 Å². The van der Waals surface area contributed by atoms with Gasteiger partial charge in [0, 0.05) is 12.3 Å². The molecule has 0 spiro atoms. The third-order valence-corrected chi connectivity index (χ3v) is 2.38. The first-order chi connectivity index (χ1) is 7.56. The van der Waals surface area contributed by atoms with E-state index in [0.29, 0.717) is 11.6 Å². The molecule has 0 atom stereocenters. The van der Waals surface area contributed by atoms with E-state index in [-0.39, 0.29) is 0 Å². The topological polar surface area (TPSA) is 17.8 Å². The van der Waals surface area contributed by atoms with Crippen LogP contribution >= 0.6 is 0 Å². The van der Waals surface area contributed by atoms with Gasteiger partial charge in [0.1, 0.15) is 11.6 Å². The van der Waals surface area contributed by atoms with E-state index in [2.05, 4.69) is 5.10 Å². The molecule has 0 aliphatic carbocycles. The minimum Gasteiger partial charge on any atom is -0.240 e. The molecule has 0 bridgehead atoms. The number of rotatable bonds is 2. The van der Waals surface area contributed by atoms with Crippen LogP contribution in [0, 0.1) is 11.6 Å². The Morgan fingerprint density at radius 2 is 1.75 bits per heavy atom. The summed E-state index contributed by atoms with van der Waals surface area (Å²) >= 11 is 0. The van der Waals surface area contributed by atoms with E-state index in [1.54, 1.807) is 12.4 Å². The summed E-state index contributed by atoms with van der Waals surface area (Å²) in [7, 11) is 0. The van der Waals surface area contributed by atoms with Crippen molar-refractivity contribution in [2.75, 3.05) is 0 Å². The third kappa shape index (κ3) is 2.10. The molecule has 16 heavy (non-hydrogen) atoms. The predicted octanol–water partition coefficient (Wildman–Crippen LogP) is 3.27. The maximum absolute atomic E-state index is 13.0. The highest BCUT2D eigenvalue weighted by molar-refractivity contribution is 5.33. The van der Waals surface area contributed by atoms with Gasteiger partial charge in [0.2, 0.25) is 0 Å². The predicted molar refractivity (Wildman–Crippen MR) is 57.6 cm³/mol. The molecule has 0 aliphatic heterocycles. The van der Waals surface area contributed by atoms with Gasteiger partial charge in [0.15, 0.2) is 0 Å². The number of aromatic nitrogens is 2. The third-order valence-electron chi connectivity index (χ3n) is 2.38. The van der Waals surface area contributed by atoms with Gasteiger partial charge in [-0.3, -0.25) is 0 Å². The summed E-state index contributed by atoms with van der Waals surface area (Å²) in [5.74, 6) is -0.861. The van der Waals surface area contributed by atoms with E-state index in [9.17, 15) is 8.78 Å². The number of benzene rings is 1. The van der Waals surface area contributed by atoms with Gasteiger partial charge in [0.25, 0.3) is 0 Å². The Morgan fingerprint density at radius 3 is 2.25 bits per heavy atom. The number of hydrogen-bond acceptors (Lipinski definition) is 1. The molecular formula is C12H12F2N2. The zero-order chi connectivity index (χ0) is 11.7. The zero-order valence-electron chi connectivity index (χ0n) is 9.11. The summed E-state index contributed by atoms with van der Waals surface area (Å²) in [6.07, 6.45) is 3.48. The maximum atomic E-state index is 13.0. The van der Waals surface area contributed by atoms with E-state index >= 15 is 0 Å². The van der Waals surface area contributed by atoms with Gasteiger partial charge in [-0.2, -0.15) is 5.10 Å². The highest BCUT2D eigenvalue weighted by Gasteiger charge is 2.06. The van der Waals surface area contributed by atoms with Crippen LogP contribution in [-0.4, -0.2) is 9.78 Å².